The molecule has 0 aliphatic carbocycles. The van der Waals surface area contributed by atoms with E-state index in [1.165, 1.54) is 0 Å². The number of nitrogens with one attached hydrogen (secondary N) is 1. The van der Waals surface area contributed by atoms with E-state index in [2.05, 4.69) is 67.8 Å². The van der Waals surface area contributed by atoms with Gasteiger partial charge in [0.05, 0.1) is 18.7 Å². The molecule has 0 unspecified atom stereocenters. The highest BCUT2D eigenvalue weighted by Gasteiger charge is 2.40. The fourth-order valence-corrected chi connectivity index (χ4v) is 5.63. The third kappa shape index (κ3) is 6.40. The average molecular weight is 726 g/mol. The van der Waals surface area contributed by atoms with Crippen LogP contribution in [-0.2, 0) is 9.47 Å². The molecule has 1 aliphatic heterocycles. The second kappa shape index (κ2) is 9.63. The summed E-state index contributed by atoms with van der Waals surface area (Å²) in [4.78, 5) is 26.0. The molecule has 0 atom stereocenters. The van der Waals surface area contributed by atoms with Crippen LogP contribution in [0.5, 0.6) is 0 Å². The number of ether oxygens (including phenoxy) is 2. The number of alkyl carbamates (subject to hydrolysis) is 2. The first-order valence-corrected chi connectivity index (χ1v) is 12.5. The van der Waals surface area contributed by atoms with Gasteiger partial charge in [-0.2, -0.15) is 4.79 Å². The van der Waals surface area contributed by atoms with Gasteiger partial charge >= 0.3 is 12.1 Å². The van der Waals surface area contributed by atoms with Gasteiger partial charge in [0.1, 0.15) is 11.2 Å². The molecule has 0 saturated carbocycles. The lowest BCUT2D eigenvalue weighted by atomic mass is 9.83. The third-order valence-electron chi connectivity index (χ3n) is 4.86. The highest BCUT2D eigenvalue weighted by atomic mass is 127. The molecule has 1 aromatic carbocycles. The van der Waals surface area contributed by atoms with Crippen molar-refractivity contribution in [3.05, 3.63) is 28.4 Å². The van der Waals surface area contributed by atoms with Gasteiger partial charge in [-0.25, -0.2) is 9.69 Å². The number of hydrogen-bond acceptors (Lipinski definition) is 4. The molecule has 1 aliphatic rings. The summed E-state index contributed by atoms with van der Waals surface area (Å²) in [5.41, 5.74) is -0.431. The van der Waals surface area contributed by atoms with Crippen molar-refractivity contribution in [3.8, 4) is 0 Å². The Morgan fingerprint density at radius 3 is 2.04 bits per heavy atom. The van der Waals surface area contributed by atoms with Gasteiger partial charge in [0, 0.05) is 29.5 Å². The lowest BCUT2D eigenvalue weighted by Gasteiger charge is -2.38. The van der Waals surface area contributed by atoms with Crippen molar-refractivity contribution < 1.29 is 24.0 Å². The average Bonchev–Trinajstić information content (AvgIpc) is 2.57. The third-order valence-corrected chi connectivity index (χ3v) is 8.81. The SMILES string of the molecule is CC(C)(C)OC(=O)[NH+]1CCC(C(C)(C)OC(=O)c2c(I)ccc(I)c2I)CC1. The maximum Gasteiger partial charge on any atom is 0.514 e. The second-order valence-electron chi connectivity index (χ2n) is 8.59. The minimum atomic E-state index is -0.593. The van der Waals surface area contributed by atoms with E-state index < -0.39 is 11.2 Å². The lowest BCUT2D eigenvalue weighted by Crippen LogP contribution is -3.16. The summed E-state index contributed by atoms with van der Waals surface area (Å²) in [6.07, 6.45) is 1.44. The van der Waals surface area contributed by atoms with E-state index in [-0.39, 0.29) is 18.0 Å². The molecule has 1 N–H and O–H groups in total. The van der Waals surface area contributed by atoms with Crippen LogP contribution in [0, 0.1) is 16.6 Å². The Labute approximate surface area is 208 Å². The maximum absolute atomic E-state index is 12.9. The summed E-state index contributed by atoms with van der Waals surface area (Å²) in [5, 5.41) is 0. The summed E-state index contributed by atoms with van der Waals surface area (Å²) < 4.78 is 14.3. The molecule has 0 bridgehead atoms. The second-order valence-corrected chi connectivity index (χ2v) is 12.0. The van der Waals surface area contributed by atoms with Crippen molar-refractivity contribution in [2.75, 3.05) is 13.1 Å². The number of carbonyl (C=O) groups excluding carboxylic acids is 2. The molecule has 0 radical (unpaired) electrons. The van der Waals surface area contributed by atoms with E-state index >= 15 is 0 Å². The van der Waals surface area contributed by atoms with Gasteiger partial charge in [0.25, 0.3) is 0 Å². The minimum absolute atomic E-state index is 0.191. The van der Waals surface area contributed by atoms with Gasteiger partial charge in [0.15, 0.2) is 0 Å². The van der Waals surface area contributed by atoms with Crippen molar-refractivity contribution >= 4 is 79.8 Å². The highest BCUT2D eigenvalue weighted by molar-refractivity contribution is 14.1. The molecule has 1 heterocycles. The first kappa shape index (κ1) is 24.6. The zero-order chi connectivity index (χ0) is 21.3. The largest absolute Gasteiger partial charge is 0.514 e. The Kier molecular flexibility index (Phi) is 8.45. The van der Waals surface area contributed by atoms with Crippen molar-refractivity contribution in [1.82, 2.24) is 0 Å². The normalized spacial score (nSPS) is 20.6. The fraction of sp³-hybridized carbons (Fsp3) is 0.600. The summed E-state index contributed by atoms with van der Waals surface area (Å²) in [6, 6.07) is 3.94. The van der Waals surface area contributed by atoms with Crippen LogP contribution >= 0.6 is 67.8 Å². The van der Waals surface area contributed by atoms with Gasteiger partial charge in [-0.15, -0.1) is 0 Å². The van der Waals surface area contributed by atoms with Crippen LogP contribution in [-0.4, -0.2) is 36.4 Å². The first-order valence-electron chi connectivity index (χ1n) is 9.26. The molecule has 8 heteroatoms. The van der Waals surface area contributed by atoms with Crippen LogP contribution in [0.1, 0.15) is 57.8 Å². The van der Waals surface area contributed by atoms with E-state index in [0.717, 1.165) is 28.5 Å². The molecule has 1 amide bonds. The van der Waals surface area contributed by atoms with Crippen molar-refractivity contribution in [1.29, 1.82) is 0 Å². The summed E-state index contributed by atoms with van der Waals surface area (Å²) in [6.45, 7) is 11.0. The Balaban J connectivity index is 2.02. The Bertz CT molecular complexity index is 751. The zero-order valence-electron chi connectivity index (χ0n) is 16.8. The van der Waals surface area contributed by atoms with Crippen LogP contribution in [0.4, 0.5) is 4.79 Å². The molecule has 1 aromatic rings. The molecule has 156 valence electrons. The maximum atomic E-state index is 12.9. The Morgan fingerprint density at radius 2 is 1.50 bits per heavy atom. The van der Waals surface area contributed by atoms with Crippen molar-refractivity contribution in [2.45, 2.75) is 58.7 Å². The lowest BCUT2D eigenvalue weighted by molar-refractivity contribution is -0.832. The van der Waals surface area contributed by atoms with Gasteiger partial charge in [0.2, 0.25) is 0 Å². The summed E-state index contributed by atoms with van der Waals surface area (Å²) in [7, 11) is 0. The number of benzene rings is 1. The Morgan fingerprint density at radius 1 is 0.964 bits per heavy atom. The van der Waals surface area contributed by atoms with Gasteiger partial charge < -0.3 is 9.47 Å². The molecule has 28 heavy (non-hydrogen) atoms. The van der Waals surface area contributed by atoms with Crippen LogP contribution in [0.25, 0.3) is 0 Å². The van der Waals surface area contributed by atoms with Gasteiger partial charge in [-0.3, -0.25) is 0 Å². The summed E-state index contributed by atoms with van der Waals surface area (Å²) in [5.74, 6) is -0.0695. The van der Waals surface area contributed by atoms with Crippen LogP contribution in [0.3, 0.4) is 0 Å². The van der Waals surface area contributed by atoms with E-state index in [1.54, 1.807) is 0 Å². The van der Waals surface area contributed by atoms with Crippen molar-refractivity contribution in [3.63, 3.8) is 0 Å². The quantitative estimate of drug-likeness (QED) is 0.280. The summed E-state index contributed by atoms with van der Waals surface area (Å²) >= 11 is 6.62. The van der Waals surface area contributed by atoms with E-state index in [1.807, 2.05) is 46.8 Å². The number of quaternary nitrogens is 1. The van der Waals surface area contributed by atoms with Crippen LogP contribution in [0.2, 0.25) is 0 Å². The molecule has 0 spiro atoms. The first-order chi connectivity index (χ1) is 12.8. The molecule has 1 saturated heterocycles. The predicted octanol–water partition coefficient (Wildman–Crippen LogP) is 4.67. The highest BCUT2D eigenvalue weighted by Crippen LogP contribution is 2.31. The van der Waals surface area contributed by atoms with E-state index in [9.17, 15) is 9.59 Å². The molecular formula is C20H27I3NO4+. The van der Waals surface area contributed by atoms with E-state index in [0.29, 0.717) is 18.7 Å². The van der Waals surface area contributed by atoms with Crippen LogP contribution < -0.4 is 4.90 Å². The number of esters is 1. The number of likely N-dealkylation sites (tertiary alicyclic amines) is 1. The van der Waals surface area contributed by atoms with Gasteiger partial charge in [-0.05, 0) is 115 Å². The number of piperidine rings is 1. The number of halogens is 3. The Hall–Kier alpha value is 0.310. The topological polar surface area (TPSA) is 57.0 Å². The predicted molar refractivity (Wildman–Crippen MR) is 134 cm³/mol. The molecule has 2 rings (SSSR count). The fourth-order valence-electron chi connectivity index (χ4n) is 3.30. The molecular weight excluding hydrogens is 699 g/mol. The van der Waals surface area contributed by atoms with E-state index in [4.69, 9.17) is 9.47 Å². The minimum Gasteiger partial charge on any atom is -0.456 e. The monoisotopic (exact) mass is 726 g/mol. The number of carbonyl (C=O) groups is 2. The zero-order valence-corrected chi connectivity index (χ0v) is 23.3. The van der Waals surface area contributed by atoms with Crippen molar-refractivity contribution in [2.24, 2.45) is 5.92 Å². The standard InChI is InChI=1S/C20H26I3NO4/c1-19(2,3)28-18(26)24-10-8-12(9-11-24)20(4,5)27-17(25)15-13(21)6-7-14(22)16(15)23/h6-7,12H,8-11H2,1-5H3/p+1. The van der Waals surface area contributed by atoms with Gasteiger partial charge in [-0.1, -0.05) is 0 Å². The molecule has 0 aromatic heterocycles. The number of rotatable bonds is 3. The number of hydrogen-bond donors (Lipinski definition) is 1. The molecule has 1 fully saturated rings. The number of amides is 1. The smallest absolute Gasteiger partial charge is 0.456 e. The van der Waals surface area contributed by atoms with Crippen LogP contribution in [0.15, 0.2) is 12.1 Å². The molecule has 5 nitrogen and oxygen atoms in total.